The van der Waals surface area contributed by atoms with Gasteiger partial charge in [-0.2, -0.15) is 0 Å². The third-order valence-corrected chi connectivity index (χ3v) is 4.14. The fourth-order valence-electron chi connectivity index (χ4n) is 2.67. The molecule has 1 aromatic rings. The molecule has 136 valence electrons. The molecular weight excluding hydrogens is 326 g/mol. The largest absolute Gasteiger partial charge is 0.448 e. The predicted octanol–water partition coefficient (Wildman–Crippen LogP) is 1.92. The van der Waals surface area contributed by atoms with Gasteiger partial charge in [-0.3, -0.25) is 14.9 Å². The number of imide groups is 1. The molecule has 1 fully saturated rings. The number of amides is 3. The Labute approximate surface area is 145 Å². The maximum atomic E-state index is 12.0. The van der Waals surface area contributed by atoms with Gasteiger partial charge in [-0.15, -0.1) is 0 Å². The van der Waals surface area contributed by atoms with Gasteiger partial charge >= 0.3 is 12.0 Å². The fraction of sp³-hybridized carbons (Fsp3) is 0.529. The van der Waals surface area contributed by atoms with Crippen molar-refractivity contribution in [2.75, 3.05) is 0 Å². The molecule has 1 aliphatic rings. The van der Waals surface area contributed by atoms with E-state index in [0.29, 0.717) is 5.56 Å². The minimum absolute atomic E-state index is 0.0662. The first kappa shape index (κ1) is 18.7. The summed E-state index contributed by atoms with van der Waals surface area (Å²) in [5.74, 6) is -1.68. The van der Waals surface area contributed by atoms with Gasteiger partial charge in [-0.05, 0) is 32.8 Å². The number of aromatic nitrogens is 1. The number of aromatic amines is 1. The fourth-order valence-corrected chi connectivity index (χ4v) is 2.67. The third kappa shape index (κ3) is 5.44. The highest BCUT2D eigenvalue weighted by Gasteiger charge is 2.23. The normalized spacial score (nSPS) is 15.9. The smallest absolute Gasteiger partial charge is 0.355 e. The van der Waals surface area contributed by atoms with Crippen LogP contribution < -0.4 is 10.6 Å². The van der Waals surface area contributed by atoms with E-state index in [1.54, 1.807) is 0 Å². The zero-order valence-electron chi connectivity index (χ0n) is 14.4. The molecule has 0 unspecified atom stereocenters. The van der Waals surface area contributed by atoms with Crippen LogP contribution in [0.2, 0.25) is 0 Å². The van der Waals surface area contributed by atoms with E-state index in [1.807, 2.05) is 0 Å². The van der Waals surface area contributed by atoms with E-state index < -0.39 is 24.0 Å². The van der Waals surface area contributed by atoms with E-state index in [2.05, 4.69) is 15.6 Å². The zero-order valence-corrected chi connectivity index (χ0v) is 14.4. The van der Waals surface area contributed by atoms with Crippen molar-refractivity contribution in [3.63, 3.8) is 0 Å². The quantitative estimate of drug-likeness (QED) is 0.554. The summed E-state index contributed by atoms with van der Waals surface area (Å²) < 4.78 is 5.01. The highest BCUT2D eigenvalue weighted by atomic mass is 16.5. The van der Waals surface area contributed by atoms with Crippen LogP contribution in [-0.4, -0.2) is 40.8 Å². The van der Waals surface area contributed by atoms with Crippen molar-refractivity contribution >= 4 is 23.7 Å². The van der Waals surface area contributed by atoms with Crippen molar-refractivity contribution < 1.29 is 23.9 Å². The standard InChI is InChI=1S/C17H23N3O5/c1-10(21)12-8-14(18-9-12)16(23)25-11(2)15(22)20-17(24)19-13-6-4-3-5-7-13/h8-9,11,13,18H,3-7H2,1-2H3,(H2,19,20,22,24)/t11-/m1/s1. The maximum Gasteiger partial charge on any atom is 0.355 e. The van der Waals surface area contributed by atoms with Gasteiger partial charge in [0.05, 0.1) is 0 Å². The lowest BCUT2D eigenvalue weighted by Crippen LogP contribution is -2.48. The first-order valence-corrected chi connectivity index (χ1v) is 8.38. The zero-order chi connectivity index (χ0) is 18.4. The first-order valence-electron chi connectivity index (χ1n) is 8.38. The maximum absolute atomic E-state index is 12.0. The molecule has 3 amide bonds. The molecule has 1 aromatic heterocycles. The van der Waals surface area contributed by atoms with Crippen LogP contribution in [0.1, 0.15) is 66.8 Å². The number of esters is 1. The number of Topliss-reactive ketones (excluding diaryl/α,β-unsaturated/α-hetero) is 1. The van der Waals surface area contributed by atoms with Crippen LogP contribution in [0.25, 0.3) is 0 Å². The Kier molecular flexibility index (Phi) is 6.32. The van der Waals surface area contributed by atoms with Crippen molar-refractivity contribution in [1.29, 1.82) is 0 Å². The molecule has 0 spiro atoms. The van der Waals surface area contributed by atoms with Crippen LogP contribution >= 0.6 is 0 Å². The van der Waals surface area contributed by atoms with Gasteiger partial charge in [0, 0.05) is 17.8 Å². The molecule has 0 bridgehead atoms. The number of carbonyl (C=O) groups is 4. The van der Waals surface area contributed by atoms with E-state index in [4.69, 9.17) is 4.74 Å². The van der Waals surface area contributed by atoms with E-state index in [9.17, 15) is 19.2 Å². The van der Waals surface area contributed by atoms with Gasteiger partial charge in [-0.1, -0.05) is 19.3 Å². The van der Waals surface area contributed by atoms with Crippen molar-refractivity contribution in [1.82, 2.24) is 15.6 Å². The summed E-state index contributed by atoms with van der Waals surface area (Å²) in [5, 5.41) is 4.93. The second kappa shape index (κ2) is 8.46. The predicted molar refractivity (Wildman–Crippen MR) is 89.2 cm³/mol. The van der Waals surface area contributed by atoms with Gasteiger partial charge in [0.2, 0.25) is 0 Å². The molecule has 0 aliphatic heterocycles. The molecule has 8 heteroatoms. The average molecular weight is 349 g/mol. The second-order valence-electron chi connectivity index (χ2n) is 6.20. The van der Waals surface area contributed by atoms with Crippen LogP contribution in [0.4, 0.5) is 4.79 Å². The molecule has 0 radical (unpaired) electrons. The summed E-state index contributed by atoms with van der Waals surface area (Å²) in [7, 11) is 0. The molecule has 3 N–H and O–H groups in total. The van der Waals surface area contributed by atoms with Gasteiger partial charge in [0.1, 0.15) is 5.69 Å². The lowest BCUT2D eigenvalue weighted by molar-refractivity contribution is -0.127. The Morgan fingerprint density at radius 1 is 1.20 bits per heavy atom. The van der Waals surface area contributed by atoms with Crippen molar-refractivity contribution in [3.05, 3.63) is 23.5 Å². The highest BCUT2D eigenvalue weighted by Crippen LogP contribution is 2.17. The van der Waals surface area contributed by atoms with E-state index in [1.165, 1.54) is 26.1 Å². The number of ether oxygens (including phenoxy) is 1. The monoisotopic (exact) mass is 349 g/mol. The van der Waals surface area contributed by atoms with Crippen molar-refractivity contribution in [2.24, 2.45) is 0 Å². The molecule has 25 heavy (non-hydrogen) atoms. The molecule has 0 aromatic carbocycles. The van der Waals surface area contributed by atoms with E-state index in [-0.39, 0.29) is 17.5 Å². The van der Waals surface area contributed by atoms with Gasteiger partial charge in [0.15, 0.2) is 11.9 Å². The van der Waals surface area contributed by atoms with Gasteiger partial charge in [-0.25, -0.2) is 9.59 Å². The number of rotatable bonds is 5. The highest BCUT2D eigenvalue weighted by molar-refractivity contribution is 5.99. The molecular formula is C17H23N3O5. The first-order chi connectivity index (χ1) is 11.9. The summed E-state index contributed by atoms with van der Waals surface area (Å²) >= 11 is 0. The lowest BCUT2D eigenvalue weighted by atomic mass is 9.96. The number of urea groups is 1. The number of hydrogen-bond donors (Lipinski definition) is 3. The van der Waals surface area contributed by atoms with Gasteiger partial charge in [0.25, 0.3) is 5.91 Å². The van der Waals surface area contributed by atoms with Crippen LogP contribution in [0.15, 0.2) is 12.3 Å². The van der Waals surface area contributed by atoms with Crippen LogP contribution in [-0.2, 0) is 9.53 Å². The minimum atomic E-state index is -1.14. The molecule has 8 nitrogen and oxygen atoms in total. The topological polar surface area (TPSA) is 117 Å². The molecule has 1 heterocycles. The Morgan fingerprint density at radius 3 is 2.48 bits per heavy atom. The summed E-state index contributed by atoms with van der Waals surface area (Å²) in [6.07, 6.45) is 5.33. The summed E-state index contributed by atoms with van der Waals surface area (Å²) in [6.45, 7) is 2.75. The van der Waals surface area contributed by atoms with Crippen LogP contribution in [0.5, 0.6) is 0 Å². The molecule has 0 saturated heterocycles. The third-order valence-electron chi connectivity index (χ3n) is 4.14. The lowest BCUT2D eigenvalue weighted by Gasteiger charge is -2.23. The molecule has 2 rings (SSSR count). The average Bonchev–Trinajstić information content (AvgIpc) is 3.06. The van der Waals surface area contributed by atoms with Gasteiger partial charge < -0.3 is 15.0 Å². The van der Waals surface area contributed by atoms with Crippen molar-refractivity contribution in [2.45, 2.75) is 58.1 Å². The number of nitrogens with one attached hydrogen (secondary N) is 3. The van der Waals surface area contributed by atoms with Crippen LogP contribution in [0.3, 0.4) is 0 Å². The summed E-state index contributed by atoms with van der Waals surface area (Å²) in [6, 6.07) is 0.840. The van der Waals surface area contributed by atoms with E-state index in [0.717, 1.165) is 32.1 Å². The SMILES string of the molecule is CC(=O)c1c[nH]c(C(=O)O[C@H](C)C(=O)NC(=O)NC2CCCCC2)c1. The molecule has 1 saturated carbocycles. The Bertz CT molecular complexity index is 661. The molecule has 1 aliphatic carbocycles. The molecule has 1 atom stereocenters. The number of H-pyrrole nitrogens is 1. The number of hydrogen-bond acceptors (Lipinski definition) is 5. The Balaban J connectivity index is 1.81. The Morgan fingerprint density at radius 2 is 1.88 bits per heavy atom. The van der Waals surface area contributed by atoms with E-state index >= 15 is 0 Å². The second-order valence-corrected chi connectivity index (χ2v) is 6.20. The number of ketones is 1. The number of carbonyl (C=O) groups excluding carboxylic acids is 4. The summed E-state index contributed by atoms with van der Waals surface area (Å²) in [5.41, 5.74) is 0.410. The van der Waals surface area contributed by atoms with Crippen molar-refractivity contribution in [3.8, 4) is 0 Å². The Hall–Kier alpha value is -2.64. The minimum Gasteiger partial charge on any atom is -0.448 e. The van der Waals surface area contributed by atoms with Crippen LogP contribution in [0, 0.1) is 0 Å². The summed E-state index contributed by atoms with van der Waals surface area (Å²) in [4.78, 5) is 49.6.